The highest BCUT2D eigenvalue weighted by Crippen LogP contribution is 2.55. The number of rotatable bonds is 7. The quantitative estimate of drug-likeness (QED) is 0.156. The summed E-state index contributed by atoms with van der Waals surface area (Å²) in [6, 6.07) is 78.7. The minimum atomic E-state index is -0.153. The van der Waals surface area contributed by atoms with Crippen LogP contribution < -0.4 is 4.90 Å². The summed E-state index contributed by atoms with van der Waals surface area (Å²) >= 11 is 0. The third-order valence-electron chi connectivity index (χ3n) is 13.5. The summed E-state index contributed by atoms with van der Waals surface area (Å²) in [4.78, 5) is 2.54. The van der Waals surface area contributed by atoms with Crippen LogP contribution in [0.15, 0.2) is 212 Å². The van der Waals surface area contributed by atoms with Gasteiger partial charge in [-0.15, -0.1) is 0 Å². The fourth-order valence-corrected chi connectivity index (χ4v) is 10.4. The van der Waals surface area contributed by atoms with Crippen molar-refractivity contribution >= 4 is 17.1 Å². The standard InChI is InChI=1S/C60H47N/c1-59(2)53-27-15-13-23-48(53)50-36-34-44(38-55(50)59)61(45-35-37-51-49-24-14-16-28-54(49)60(3,4)56(51)39-45)57-29-17-26-47(43-32-30-41(31-33-43)40-18-7-5-8-19-40)58(57)52-25-12-11-22-46(52)42-20-9-6-10-21-42/h5-39H,1-4H3. The van der Waals surface area contributed by atoms with Gasteiger partial charge < -0.3 is 4.90 Å². The molecule has 61 heavy (non-hydrogen) atoms. The number of benzene rings is 9. The average molecular weight is 782 g/mol. The highest BCUT2D eigenvalue weighted by Gasteiger charge is 2.38. The van der Waals surface area contributed by atoms with Crippen molar-refractivity contribution < 1.29 is 0 Å². The lowest BCUT2D eigenvalue weighted by atomic mass is 9.82. The van der Waals surface area contributed by atoms with Gasteiger partial charge >= 0.3 is 0 Å². The van der Waals surface area contributed by atoms with E-state index < -0.39 is 0 Å². The van der Waals surface area contributed by atoms with E-state index >= 15 is 0 Å². The molecule has 0 saturated carbocycles. The van der Waals surface area contributed by atoms with E-state index in [-0.39, 0.29) is 10.8 Å². The first-order valence-electron chi connectivity index (χ1n) is 21.5. The van der Waals surface area contributed by atoms with Crippen molar-refractivity contribution in [2.75, 3.05) is 4.90 Å². The van der Waals surface area contributed by atoms with Crippen molar-refractivity contribution in [3.63, 3.8) is 0 Å². The zero-order valence-electron chi connectivity index (χ0n) is 35.2. The van der Waals surface area contributed by atoms with Crippen molar-refractivity contribution in [1.82, 2.24) is 0 Å². The van der Waals surface area contributed by atoms with Crippen molar-refractivity contribution in [2.45, 2.75) is 38.5 Å². The van der Waals surface area contributed by atoms with Crippen LogP contribution in [0, 0.1) is 0 Å². The molecule has 0 atom stereocenters. The van der Waals surface area contributed by atoms with Gasteiger partial charge in [0.25, 0.3) is 0 Å². The van der Waals surface area contributed by atoms with Crippen molar-refractivity contribution in [3.05, 3.63) is 235 Å². The molecule has 292 valence electrons. The summed E-state index contributed by atoms with van der Waals surface area (Å²) in [5.74, 6) is 0. The van der Waals surface area contributed by atoms with Crippen LogP contribution in [0.2, 0.25) is 0 Å². The lowest BCUT2D eigenvalue weighted by Gasteiger charge is -2.32. The van der Waals surface area contributed by atoms with Crippen molar-refractivity contribution in [2.24, 2.45) is 0 Å². The summed E-state index contributed by atoms with van der Waals surface area (Å²) in [6.45, 7) is 9.51. The van der Waals surface area contributed by atoms with E-state index in [0.717, 1.165) is 17.1 Å². The van der Waals surface area contributed by atoms with Gasteiger partial charge in [-0.05, 0) is 114 Å². The van der Waals surface area contributed by atoms with Gasteiger partial charge in [-0.2, -0.15) is 0 Å². The molecule has 2 aliphatic rings. The average Bonchev–Trinajstić information content (AvgIpc) is 3.68. The molecule has 1 nitrogen and oxygen atoms in total. The Bertz CT molecular complexity index is 3010. The number of hydrogen-bond donors (Lipinski definition) is 0. The minimum Gasteiger partial charge on any atom is -0.310 e. The molecule has 0 amide bonds. The van der Waals surface area contributed by atoms with Crippen LogP contribution in [0.1, 0.15) is 49.9 Å². The molecule has 0 radical (unpaired) electrons. The normalized spacial score (nSPS) is 13.8. The first-order chi connectivity index (χ1) is 29.8. The van der Waals surface area contributed by atoms with Gasteiger partial charge in [0.05, 0.1) is 5.69 Å². The third kappa shape index (κ3) is 5.91. The van der Waals surface area contributed by atoms with Crippen molar-refractivity contribution in [1.29, 1.82) is 0 Å². The Morgan fingerprint density at radius 2 is 0.672 bits per heavy atom. The second-order valence-corrected chi connectivity index (χ2v) is 17.7. The molecule has 0 bridgehead atoms. The third-order valence-corrected chi connectivity index (χ3v) is 13.5. The van der Waals surface area contributed by atoms with Crippen LogP contribution in [0.5, 0.6) is 0 Å². The summed E-state index contributed by atoms with van der Waals surface area (Å²) < 4.78 is 0. The van der Waals surface area contributed by atoms with Crippen LogP contribution >= 0.6 is 0 Å². The second kappa shape index (κ2) is 14.2. The first-order valence-corrected chi connectivity index (χ1v) is 21.5. The summed E-state index contributed by atoms with van der Waals surface area (Å²) in [7, 11) is 0. The lowest BCUT2D eigenvalue weighted by Crippen LogP contribution is -2.18. The fraction of sp³-hybridized carbons (Fsp3) is 0.100. The topological polar surface area (TPSA) is 3.24 Å². The molecule has 2 aliphatic carbocycles. The highest BCUT2D eigenvalue weighted by molar-refractivity contribution is 6.02. The first kappa shape index (κ1) is 36.8. The Morgan fingerprint density at radius 3 is 1.23 bits per heavy atom. The van der Waals surface area contributed by atoms with Crippen LogP contribution in [0.3, 0.4) is 0 Å². The number of anilines is 3. The van der Waals surface area contributed by atoms with Gasteiger partial charge in [-0.3, -0.25) is 0 Å². The Morgan fingerprint density at radius 1 is 0.279 bits per heavy atom. The molecular formula is C60H47N. The summed E-state index contributed by atoms with van der Waals surface area (Å²) in [5.41, 5.74) is 23.4. The van der Waals surface area contributed by atoms with E-state index in [9.17, 15) is 0 Å². The number of fused-ring (bicyclic) bond motifs is 6. The van der Waals surface area contributed by atoms with E-state index in [1.807, 2.05) is 0 Å². The lowest BCUT2D eigenvalue weighted by molar-refractivity contribution is 0.660. The molecule has 0 spiro atoms. The van der Waals surface area contributed by atoms with Gasteiger partial charge in [-0.25, -0.2) is 0 Å². The predicted octanol–water partition coefficient (Wildman–Crippen LogP) is 16.4. The van der Waals surface area contributed by atoms with E-state index in [4.69, 9.17) is 0 Å². The minimum absolute atomic E-state index is 0.153. The van der Waals surface area contributed by atoms with Crippen molar-refractivity contribution in [3.8, 4) is 66.8 Å². The maximum Gasteiger partial charge on any atom is 0.0546 e. The van der Waals surface area contributed by atoms with E-state index in [0.29, 0.717) is 0 Å². The van der Waals surface area contributed by atoms with Crippen LogP contribution in [-0.2, 0) is 10.8 Å². The van der Waals surface area contributed by atoms with Gasteiger partial charge in [0.15, 0.2) is 0 Å². The molecule has 0 heterocycles. The highest BCUT2D eigenvalue weighted by atomic mass is 15.1. The summed E-state index contributed by atoms with van der Waals surface area (Å²) in [6.07, 6.45) is 0. The van der Waals surface area contributed by atoms with Gasteiger partial charge in [0, 0.05) is 27.8 Å². The Labute approximate surface area is 360 Å². The molecule has 0 aromatic heterocycles. The van der Waals surface area contributed by atoms with Gasteiger partial charge in [-0.1, -0.05) is 210 Å². The molecule has 0 saturated heterocycles. The zero-order chi connectivity index (χ0) is 41.3. The van der Waals surface area contributed by atoms with E-state index in [1.165, 1.54) is 89.0 Å². The predicted molar refractivity (Wildman–Crippen MR) is 258 cm³/mol. The molecule has 0 aliphatic heterocycles. The molecule has 0 fully saturated rings. The molecule has 0 N–H and O–H groups in total. The van der Waals surface area contributed by atoms with Crippen LogP contribution in [0.25, 0.3) is 66.8 Å². The number of hydrogen-bond acceptors (Lipinski definition) is 1. The smallest absolute Gasteiger partial charge is 0.0546 e. The second-order valence-electron chi connectivity index (χ2n) is 17.7. The largest absolute Gasteiger partial charge is 0.310 e. The fourth-order valence-electron chi connectivity index (χ4n) is 10.4. The Hall–Kier alpha value is -7.22. The van der Waals surface area contributed by atoms with E-state index in [2.05, 4.69) is 245 Å². The molecule has 9 aromatic rings. The zero-order valence-corrected chi connectivity index (χ0v) is 35.2. The van der Waals surface area contributed by atoms with Crippen LogP contribution in [0.4, 0.5) is 17.1 Å². The monoisotopic (exact) mass is 781 g/mol. The Kier molecular flexibility index (Phi) is 8.58. The number of nitrogens with zero attached hydrogens (tertiary/aromatic N) is 1. The molecule has 11 rings (SSSR count). The maximum absolute atomic E-state index is 2.54. The maximum atomic E-state index is 2.54. The molecule has 9 aromatic carbocycles. The van der Waals surface area contributed by atoms with Gasteiger partial charge in [0.2, 0.25) is 0 Å². The molecule has 1 heteroatoms. The molecule has 0 unspecified atom stereocenters. The summed E-state index contributed by atoms with van der Waals surface area (Å²) in [5, 5.41) is 0. The van der Waals surface area contributed by atoms with Gasteiger partial charge in [0.1, 0.15) is 0 Å². The molecular weight excluding hydrogens is 735 g/mol. The van der Waals surface area contributed by atoms with E-state index in [1.54, 1.807) is 0 Å². The van der Waals surface area contributed by atoms with Crippen LogP contribution in [-0.4, -0.2) is 0 Å². The Balaban J connectivity index is 1.19. The SMILES string of the molecule is CC1(C)c2ccccc2-c2ccc(N(c3ccc4c(c3)C(C)(C)c3ccccc3-4)c3cccc(-c4ccc(-c5ccccc5)cc4)c3-c3ccccc3-c3ccccc3)cc21.